The number of amides is 1. The molecular weight excluding hydrogens is 295 g/mol. The molecule has 3 nitrogen and oxygen atoms in total. The molecule has 1 aromatic rings. The Morgan fingerprint density at radius 2 is 1.77 bits per heavy atom. The maximum atomic E-state index is 13.4. The topological polar surface area (TPSA) is 46.2 Å². The van der Waals surface area contributed by atoms with Crippen LogP contribution in [0.15, 0.2) is 36.1 Å². The summed E-state index contributed by atoms with van der Waals surface area (Å²) >= 11 is 0. The van der Waals surface area contributed by atoms with Crippen molar-refractivity contribution >= 4 is 11.7 Å². The maximum Gasteiger partial charge on any atom is 0.231 e. The summed E-state index contributed by atoms with van der Waals surface area (Å²) < 4.78 is 39.2. The van der Waals surface area contributed by atoms with Crippen LogP contribution in [-0.2, 0) is 16.0 Å². The van der Waals surface area contributed by atoms with Gasteiger partial charge in [0.1, 0.15) is 11.6 Å². The normalized spacial score (nSPS) is 13.7. The summed E-state index contributed by atoms with van der Waals surface area (Å²) in [5.41, 5.74) is 0.344. The Morgan fingerprint density at radius 1 is 1.05 bits per heavy atom. The third-order valence-corrected chi connectivity index (χ3v) is 3.11. The molecule has 0 saturated carbocycles. The van der Waals surface area contributed by atoms with Gasteiger partial charge in [0.05, 0.1) is 6.42 Å². The highest BCUT2D eigenvalue weighted by atomic mass is 19.2. The second kappa shape index (κ2) is 7.06. The monoisotopic (exact) mass is 309 g/mol. The fraction of sp³-hybridized carbons (Fsp3) is 0.250. The second-order valence-electron chi connectivity index (χ2n) is 4.94. The molecule has 116 valence electrons. The lowest BCUT2D eigenvalue weighted by molar-refractivity contribution is -0.127. The zero-order valence-corrected chi connectivity index (χ0v) is 11.7. The molecule has 1 aliphatic rings. The summed E-state index contributed by atoms with van der Waals surface area (Å²) in [5, 5.41) is 2.56. The van der Waals surface area contributed by atoms with Crippen LogP contribution in [-0.4, -0.2) is 11.7 Å². The smallest absolute Gasteiger partial charge is 0.231 e. The Labute approximate surface area is 125 Å². The fourth-order valence-electron chi connectivity index (χ4n) is 2.06. The van der Waals surface area contributed by atoms with Gasteiger partial charge in [-0.1, -0.05) is 12.2 Å². The van der Waals surface area contributed by atoms with Gasteiger partial charge in [0.25, 0.3) is 0 Å². The van der Waals surface area contributed by atoms with Crippen molar-refractivity contribution < 1.29 is 22.8 Å². The van der Waals surface area contributed by atoms with Crippen molar-refractivity contribution in [3.05, 3.63) is 59.1 Å². The molecule has 2 rings (SSSR count). The molecule has 0 unspecified atom stereocenters. The van der Waals surface area contributed by atoms with Gasteiger partial charge in [-0.15, -0.1) is 0 Å². The zero-order chi connectivity index (χ0) is 16.1. The molecule has 1 aromatic carbocycles. The first-order valence-corrected chi connectivity index (χ1v) is 6.77. The van der Waals surface area contributed by atoms with Gasteiger partial charge < -0.3 is 5.32 Å². The molecule has 0 fully saturated rings. The van der Waals surface area contributed by atoms with Crippen LogP contribution in [0.2, 0.25) is 0 Å². The van der Waals surface area contributed by atoms with Crippen molar-refractivity contribution in [1.82, 2.24) is 5.32 Å². The molecule has 0 radical (unpaired) electrons. The lowest BCUT2D eigenvalue weighted by atomic mass is 10.1. The van der Waals surface area contributed by atoms with Crippen molar-refractivity contribution in [3.8, 4) is 0 Å². The van der Waals surface area contributed by atoms with E-state index in [1.165, 1.54) is 0 Å². The summed E-state index contributed by atoms with van der Waals surface area (Å²) in [6.45, 7) is 0. The van der Waals surface area contributed by atoms with E-state index in [1.54, 1.807) is 6.08 Å². The van der Waals surface area contributed by atoms with E-state index in [-0.39, 0.29) is 5.56 Å². The first kappa shape index (κ1) is 16.0. The molecule has 22 heavy (non-hydrogen) atoms. The van der Waals surface area contributed by atoms with Crippen LogP contribution < -0.4 is 5.32 Å². The molecule has 0 spiro atoms. The highest BCUT2D eigenvalue weighted by Crippen LogP contribution is 2.15. The number of nitrogens with one attached hydrogen (secondary N) is 1. The first-order chi connectivity index (χ1) is 10.5. The average molecular weight is 309 g/mol. The van der Waals surface area contributed by atoms with E-state index < -0.39 is 42.0 Å². The van der Waals surface area contributed by atoms with Crippen molar-refractivity contribution in [1.29, 1.82) is 0 Å². The van der Waals surface area contributed by atoms with E-state index in [9.17, 15) is 22.8 Å². The van der Waals surface area contributed by atoms with Crippen molar-refractivity contribution in [2.75, 3.05) is 0 Å². The number of hydrogen-bond donors (Lipinski definition) is 1. The lowest BCUT2D eigenvalue weighted by Gasteiger charge is -2.09. The van der Waals surface area contributed by atoms with Gasteiger partial charge >= 0.3 is 0 Å². The summed E-state index contributed by atoms with van der Waals surface area (Å²) in [6.07, 6.45) is 6.25. The van der Waals surface area contributed by atoms with E-state index in [4.69, 9.17) is 0 Å². The van der Waals surface area contributed by atoms with E-state index in [1.807, 2.05) is 12.2 Å². The number of carbonyl (C=O) groups is 2. The molecule has 0 bridgehead atoms. The minimum atomic E-state index is -1.32. The highest BCUT2D eigenvalue weighted by Gasteiger charge is 2.16. The van der Waals surface area contributed by atoms with Gasteiger partial charge in [0, 0.05) is 18.2 Å². The maximum absolute atomic E-state index is 13.4. The SMILES string of the molecule is O=C(CC(=O)NC1=CCCC=C1)Cc1cc(F)c(F)cc1F. The molecule has 0 aromatic heterocycles. The molecule has 1 amide bonds. The lowest BCUT2D eigenvalue weighted by Crippen LogP contribution is -2.25. The third-order valence-electron chi connectivity index (χ3n) is 3.11. The second-order valence-corrected chi connectivity index (χ2v) is 4.94. The minimum Gasteiger partial charge on any atom is -0.326 e. The fourth-order valence-corrected chi connectivity index (χ4v) is 2.06. The number of hydrogen-bond acceptors (Lipinski definition) is 2. The first-order valence-electron chi connectivity index (χ1n) is 6.77. The quantitative estimate of drug-likeness (QED) is 0.671. The molecule has 0 atom stereocenters. The van der Waals surface area contributed by atoms with Gasteiger partial charge in [0.15, 0.2) is 11.6 Å². The number of rotatable bonds is 5. The van der Waals surface area contributed by atoms with Crippen LogP contribution in [0.1, 0.15) is 24.8 Å². The van der Waals surface area contributed by atoms with E-state index in [2.05, 4.69) is 5.32 Å². The van der Waals surface area contributed by atoms with Gasteiger partial charge in [-0.25, -0.2) is 13.2 Å². The summed E-state index contributed by atoms with van der Waals surface area (Å²) in [6, 6.07) is 1.02. The summed E-state index contributed by atoms with van der Waals surface area (Å²) in [4.78, 5) is 23.4. The summed E-state index contributed by atoms with van der Waals surface area (Å²) in [7, 11) is 0. The Balaban J connectivity index is 1.92. The predicted octanol–water partition coefficient (Wildman–Crippen LogP) is 2.96. The molecule has 0 aliphatic heterocycles. The number of halogens is 3. The predicted molar refractivity (Wildman–Crippen MR) is 74.2 cm³/mol. The van der Waals surface area contributed by atoms with E-state index >= 15 is 0 Å². The molecular formula is C16H14F3NO2. The van der Waals surface area contributed by atoms with Gasteiger partial charge in [-0.05, 0) is 30.5 Å². The van der Waals surface area contributed by atoms with Crippen molar-refractivity contribution in [3.63, 3.8) is 0 Å². The average Bonchev–Trinajstić information content (AvgIpc) is 2.45. The zero-order valence-electron chi connectivity index (χ0n) is 11.7. The Kier molecular flexibility index (Phi) is 5.14. The Hall–Kier alpha value is -2.37. The Bertz CT molecular complexity index is 666. The minimum absolute atomic E-state index is 0.270. The number of benzene rings is 1. The highest BCUT2D eigenvalue weighted by molar-refractivity contribution is 5.99. The number of carbonyl (C=O) groups excluding carboxylic acids is 2. The molecule has 6 heteroatoms. The van der Waals surface area contributed by atoms with Crippen LogP contribution in [0, 0.1) is 17.5 Å². The standard InChI is InChI=1S/C16H14F3NO2/c17-13-9-15(19)14(18)7-10(13)6-12(21)8-16(22)20-11-4-2-1-3-5-11/h2,4-5,7,9H,1,3,6,8H2,(H,20,22). The van der Waals surface area contributed by atoms with Crippen LogP contribution in [0.5, 0.6) is 0 Å². The van der Waals surface area contributed by atoms with Gasteiger partial charge in [0.2, 0.25) is 5.91 Å². The largest absolute Gasteiger partial charge is 0.326 e. The Morgan fingerprint density at radius 3 is 2.45 bits per heavy atom. The molecule has 0 saturated heterocycles. The van der Waals surface area contributed by atoms with Gasteiger partial charge in [-0.2, -0.15) is 0 Å². The van der Waals surface area contributed by atoms with E-state index in [0.717, 1.165) is 12.8 Å². The molecule has 0 heterocycles. The van der Waals surface area contributed by atoms with Crippen molar-refractivity contribution in [2.24, 2.45) is 0 Å². The number of ketones is 1. The molecule has 1 aliphatic carbocycles. The summed E-state index contributed by atoms with van der Waals surface area (Å²) in [5.74, 6) is -4.66. The van der Waals surface area contributed by atoms with Gasteiger partial charge in [-0.3, -0.25) is 9.59 Å². The third kappa shape index (κ3) is 4.31. The van der Waals surface area contributed by atoms with Crippen LogP contribution in [0.3, 0.4) is 0 Å². The van der Waals surface area contributed by atoms with Crippen molar-refractivity contribution in [2.45, 2.75) is 25.7 Å². The number of Topliss-reactive ketones (excluding diaryl/α,β-unsaturated/α-hetero) is 1. The molecule has 1 N–H and O–H groups in total. The van der Waals surface area contributed by atoms with Crippen LogP contribution in [0.25, 0.3) is 0 Å². The van der Waals surface area contributed by atoms with E-state index in [0.29, 0.717) is 17.8 Å². The number of allylic oxidation sites excluding steroid dienone is 3. The van der Waals surface area contributed by atoms with Crippen LogP contribution >= 0.6 is 0 Å². The van der Waals surface area contributed by atoms with Crippen LogP contribution in [0.4, 0.5) is 13.2 Å².